The molecule has 1 aliphatic rings. The molecule has 0 aromatic carbocycles. The van der Waals surface area contributed by atoms with Gasteiger partial charge in [0.15, 0.2) is 0 Å². The first kappa shape index (κ1) is 14.0. The smallest absolute Gasteiger partial charge is 0.303 e. The highest BCUT2D eigenvalue weighted by molar-refractivity contribution is 5.78. The van der Waals surface area contributed by atoms with Gasteiger partial charge in [0.25, 0.3) is 0 Å². The monoisotopic (exact) mass is 243 g/mol. The van der Waals surface area contributed by atoms with Crippen LogP contribution in [-0.2, 0) is 14.3 Å². The Hall–Kier alpha value is -1.10. The first-order chi connectivity index (χ1) is 8.11. The first-order valence-electron chi connectivity index (χ1n) is 6.18. The molecule has 2 N–H and O–H groups in total. The molecule has 0 aromatic rings. The van der Waals surface area contributed by atoms with E-state index < -0.39 is 5.97 Å². The van der Waals surface area contributed by atoms with Crippen LogP contribution in [0.2, 0.25) is 0 Å². The van der Waals surface area contributed by atoms with Crippen molar-refractivity contribution >= 4 is 11.9 Å². The van der Waals surface area contributed by atoms with Crippen LogP contribution < -0.4 is 5.32 Å². The lowest BCUT2D eigenvalue weighted by Gasteiger charge is -2.26. The summed E-state index contributed by atoms with van der Waals surface area (Å²) in [6.45, 7) is 3.85. The summed E-state index contributed by atoms with van der Waals surface area (Å²) < 4.78 is 5.26. The topological polar surface area (TPSA) is 75.6 Å². The van der Waals surface area contributed by atoms with Crippen LogP contribution in [0.15, 0.2) is 0 Å². The standard InChI is InChI=1S/C12H21NO4/c1-9(10-4-7-17-8-5-10)12(16)13-6-2-3-11(14)15/h9-10H,2-8H2,1H3,(H,13,16)(H,14,15). The largest absolute Gasteiger partial charge is 0.481 e. The van der Waals surface area contributed by atoms with Crippen LogP contribution in [0.25, 0.3) is 0 Å². The zero-order chi connectivity index (χ0) is 12.7. The number of aliphatic carboxylic acids is 1. The number of ether oxygens (including phenoxy) is 1. The van der Waals surface area contributed by atoms with Gasteiger partial charge in [-0.3, -0.25) is 9.59 Å². The summed E-state index contributed by atoms with van der Waals surface area (Å²) in [5.41, 5.74) is 0. The Morgan fingerprint density at radius 1 is 1.41 bits per heavy atom. The number of carbonyl (C=O) groups excluding carboxylic acids is 1. The van der Waals surface area contributed by atoms with Gasteiger partial charge >= 0.3 is 5.97 Å². The first-order valence-corrected chi connectivity index (χ1v) is 6.18. The maximum absolute atomic E-state index is 11.8. The Bertz CT molecular complexity index is 261. The van der Waals surface area contributed by atoms with Gasteiger partial charge in [-0.1, -0.05) is 6.92 Å². The van der Waals surface area contributed by atoms with Crippen molar-refractivity contribution in [3.05, 3.63) is 0 Å². The molecule has 0 radical (unpaired) electrons. The van der Waals surface area contributed by atoms with E-state index in [0.29, 0.717) is 18.9 Å². The third kappa shape index (κ3) is 5.17. The highest BCUT2D eigenvalue weighted by Crippen LogP contribution is 2.23. The molecule has 0 aliphatic carbocycles. The number of carbonyl (C=O) groups is 2. The molecule has 1 amide bonds. The molecule has 0 bridgehead atoms. The Balaban J connectivity index is 2.19. The summed E-state index contributed by atoms with van der Waals surface area (Å²) >= 11 is 0. The molecule has 1 saturated heterocycles. The van der Waals surface area contributed by atoms with E-state index in [2.05, 4.69) is 5.32 Å². The molecule has 5 heteroatoms. The second-order valence-electron chi connectivity index (χ2n) is 4.53. The van der Waals surface area contributed by atoms with E-state index in [0.717, 1.165) is 26.1 Å². The van der Waals surface area contributed by atoms with Crippen molar-refractivity contribution in [2.75, 3.05) is 19.8 Å². The SMILES string of the molecule is CC(C(=O)NCCCC(=O)O)C1CCOCC1. The van der Waals surface area contributed by atoms with Crippen molar-refractivity contribution in [2.45, 2.75) is 32.6 Å². The molecule has 0 saturated carbocycles. The van der Waals surface area contributed by atoms with Crippen LogP contribution in [0, 0.1) is 11.8 Å². The minimum absolute atomic E-state index is 0.0104. The second-order valence-corrected chi connectivity index (χ2v) is 4.53. The van der Waals surface area contributed by atoms with Crippen LogP contribution in [0.1, 0.15) is 32.6 Å². The van der Waals surface area contributed by atoms with Crippen LogP contribution in [0.5, 0.6) is 0 Å². The van der Waals surface area contributed by atoms with Crippen molar-refractivity contribution in [2.24, 2.45) is 11.8 Å². The number of carboxylic acids is 1. The predicted octanol–water partition coefficient (Wildman–Crippen LogP) is 1.03. The minimum atomic E-state index is -0.822. The van der Waals surface area contributed by atoms with E-state index in [1.165, 1.54) is 0 Å². The normalized spacial score (nSPS) is 18.6. The van der Waals surface area contributed by atoms with Gasteiger partial charge in [-0.2, -0.15) is 0 Å². The van der Waals surface area contributed by atoms with Gasteiger partial charge in [0, 0.05) is 32.1 Å². The van der Waals surface area contributed by atoms with Crippen LogP contribution in [0.3, 0.4) is 0 Å². The van der Waals surface area contributed by atoms with Crippen LogP contribution in [-0.4, -0.2) is 36.7 Å². The van der Waals surface area contributed by atoms with E-state index in [4.69, 9.17) is 9.84 Å². The Kier molecular flexibility index (Phi) is 5.97. The quantitative estimate of drug-likeness (QED) is 0.683. The van der Waals surface area contributed by atoms with Crippen molar-refractivity contribution in [3.8, 4) is 0 Å². The molecular formula is C12H21NO4. The number of nitrogens with one attached hydrogen (secondary N) is 1. The van der Waals surface area contributed by atoms with Gasteiger partial charge in [0.1, 0.15) is 0 Å². The molecule has 5 nitrogen and oxygen atoms in total. The Morgan fingerprint density at radius 3 is 2.65 bits per heavy atom. The lowest BCUT2D eigenvalue weighted by Crippen LogP contribution is -2.36. The molecule has 98 valence electrons. The van der Waals surface area contributed by atoms with E-state index in [1.54, 1.807) is 0 Å². The van der Waals surface area contributed by atoms with E-state index in [-0.39, 0.29) is 18.2 Å². The van der Waals surface area contributed by atoms with Crippen LogP contribution >= 0.6 is 0 Å². The van der Waals surface area contributed by atoms with Crippen LogP contribution in [0.4, 0.5) is 0 Å². The van der Waals surface area contributed by atoms with Gasteiger partial charge in [0.2, 0.25) is 5.91 Å². The van der Waals surface area contributed by atoms with Crippen molar-refractivity contribution in [3.63, 3.8) is 0 Å². The number of carboxylic acid groups (broad SMARTS) is 1. The zero-order valence-electron chi connectivity index (χ0n) is 10.3. The lowest BCUT2D eigenvalue weighted by molar-refractivity contribution is -0.137. The molecule has 1 rings (SSSR count). The summed E-state index contributed by atoms with van der Waals surface area (Å²) in [7, 11) is 0. The number of hydrogen-bond donors (Lipinski definition) is 2. The maximum atomic E-state index is 11.8. The van der Waals surface area contributed by atoms with Gasteiger partial charge in [0.05, 0.1) is 0 Å². The molecule has 0 spiro atoms. The average Bonchev–Trinajstić information content (AvgIpc) is 2.34. The summed E-state index contributed by atoms with van der Waals surface area (Å²) in [5.74, 6) is -0.411. The summed E-state index contributed by atoms with van der Waals surface area (Å²) in [5, 5.41) is 11.3. The fourth-order valence-electron chi connectivity index (χ4n) is 2.04. The van der Waals surface area contributed by atoms with Crippen molar-refractivity contribution in [1.82, 2.24) is 5.32 Å². The third-order valence-corrected chi connectivity index (χ3v) is 3.25. The van der Waals surface area contributed by atoms with Gasteiger partial charge in [-0.05, 0) is 25.2 Å². The van der Waals surface area contributed by atoms with Gasteiger partial charge in [-0.25, -0.2) is 0 Å². The Morgan fingerprint density at radius 2 is 2.06 bits per heavy atom. The summed E-state index contributed by atoms with van der Waals surface area (Å²) in [6.07, 6.45) is 2.46. The van der Waals surface area contributed by atoms with E-state index in [9.17, 15) is 9.59 Å². The molecule has 1 aliphatic heterocycles. The van der Waals surface area contributed by atoms with E-state index >= 15 is 0 Å². The van der Waals surface area contributed by atoms with E-state index in [1.807, 2.05) is 6.92 Å². The zero-order valence-corrected chi connectivity index (χ0v) is 10.3. The number of rotatable bonds is 6. The van der Waals surface area contributed by atoms with Crippen molar-refractivity contribution < 1.29 is 19.4 Å². The fraction of sp³-hybridized carbons (Fsp3) is 0.833. The molecule has 1 unspecified atom stereocenters. The molecule has 1 heterocycles. The molecule has 1 atom stereocenters. The minimum Gasteiger partial charge on any atom is -0.481 e. The number of amides is 1. The van der Waals surface area contributed by atoms with Gasteiger partial charge < -0.3 is 15.2 Å². The predicted molar refractivity (Wildman–Crippen MR) is 62.6 cm³/mol. The maximum Gasteiger partial charge on any atom is 0.303 e. The lowest BCUT2D eigenvalue weighted by atomic mass is 9.87. The highest BCUT2D eigenvalue weighted by atomic mass is 16.5. The molecule has 0 aromatic heterocycles. The van der Waals surface area contributed by atoms with Gasteiger partial charge in [-0.15, -0.1) is 0 Å². The van der Waals surface area contributed by atoms with Crippen molar-refractivity contribution in [1.29, 1.82) is 0 Å². The number of hydrogen-bond acceptors (Lipinski definition) is 3. The summed E-state index contributed by atoms with van der Waals surface area (Å²) in [4.78, 5) is 22.1. The second kappa shape index (κ2) is 7.27. The molecular weight excluding hydrogens is 222 g/mol. The highest BCUT2D eigenvalue weighted by Gasteiger charge is 2.25. The molecule has 17 heavy (non-hydrogen) atoms. The average molecular weight is 243 g/mol. The Labute approximate surface area is 102 Å². The molecule has 1 fully saturated rings. The summed E-state index contributed by atoms with van der Waals surface area (Å²) in [6, 6.07) is 0. The third-order valence-electron chi connectivity index (χ3n) is 3.25. The fourth-order valence-corrected chi connectivity index (χ4v) is 2.04.